The van der Waals surface area contributed by atoms with Crippen LogP contribution < -0.4 is 9.64 Å². The van der Waals surface area contributed by atoms with Crippen molar-refractivity contribution in [2.75, 3.05) is 24.7 Å². The molecule has 0 aliphatic heterocycles. The SMILES string of the molecule is CCOc1ccc(N(CCC#N)C(=O)COC(=O)c2cccc(C)c2O)cc1. The second kappa shape index (κ2) is 9.97. The third kappa shape index (κ3) is 5.24. The Balaban J connectivity index is 2.09. The van der Waals surface area contributed by atoms with Gasteiger partial charge in [-0.25, -0.2) is 4.79 Å². The van der Waals surface area contributed by atoms with Gasteiger partial charge in [0.15, 0.2) is 6.61 Å². The highest BCUT2D eigenvalue weighted by molar-refractivity contribution is 5.98. The first-order valence-corrected chi connectivity index (χ1v) is 8.83. The number of phenolic OH excluding ortho intramolecular Hbond substituents is 1. The number of rotatable bonds is 8. The van der Waals surface area contributed by atoms with Crippen LogP contribution in [0.25, 0.3) is 0 Å². The minimum atomic E-state index is -0.790. The van der Waals surface area contributed by atoms with Crippen molar-refractivity contribution in [2.45, 2.75) is 20.3 Å². The summed E-state index contributed by atoms with van der Waals surface area (Å²) < 4.78 is 10.5. The zero-order valence-corrected chi connectivity index (χ0v) is 15.8. The van der Waals surface area contributed by atoms with Crippen molar-refractivity contribution in [3.63, 3.8) is 0 Å². The third-order valence-corrected chi connectivity index (χ3v) is 3.99. The number of benzene rings is 2. The number of carbonyl (C=O) groups is 2. The van der Waals surface area contributed by atoms with E-state index in [2.05, 4.69) is 0 Å². The van der Waals surface area contributed by atoms with Crippen molar-refractivity contribution in [1.29, 1.82) is 5.26 Å². The number of ether oxygens (including phenoxy) is 2. The molecule has 0 atom stereocenters. The first kappa shape index (κ1) is 20.8. The smallest absolute Gasteiger partial charge is 0.342 e. The molecule has 0 aliphatic carbocycles. The molecule has 7 nitrogen and oxygen atoms in total. The van der Waals surface area contributed by atoms with E-state index in [9.17, 15) is 14.7 Å². The summed E-state index contributed by atoms with van der Waals surface area (Å²) in [6.07, 6.45) is 0.131. The Hall–Kier alpha value is -3.53. The van der Waals surface area contributed by atoms with Crippen LogP contribution in [0.4, 0.5) is 5.69 Å². The van der Waals surface area contributed by atoms with Crippen LogP contribution >= 0.6 is 0 Å². The molecular formula is C21H22N2O5. The van der Waals surface area contributed by atoms with Crippen LogP contribution in [0.1, 0.15) is 29.3 Å². The minimum absolute atomic E-state index is 0.00237. The summed E-state index contributed by atoms with van der Waals surface area (Å²) in [5.41, 5.74) is 1.10. The highest BCUT2D eigenvalue weighted by atomic mass is 16.5. The number of aromatic hydroxyl groups is 1. The molecule has 0 saturated heterocycles. The van der Waals surface area contributed by atoms with Gasteiger partial charge in [-0.3, -0.25) is 4.79 Å². The maximum Gasteiger partial charge on any atom is 0.342 e. The largest absolute Gasteiger partial charge is 0.507 e. The average Bonchev–Trinajstić information content (AvgIpc) is 2.70. The molecule has 1 amide bonds. The van der Waals surface area contributed by atoms with Crippen molar-refractivity contribution in [1.82, 2.24) is 0 Å². The van der Waals surface area contributed by atoms with Gasteiger partial charge in [0.2, 0.25) is 0 Å². The Morgan fingerprint density at radius 2 is 1.89 bits per heavy atom. The van der Waals surface area contributed by atoms with Gasteiger partial charge in [-0.2, -0.15) is 5.26 Å². The van der Waals surface area contributed by atoms with Gasteiger partial charge >= 0.3 is 5.97 Å². The van der Waals surface area contributed by atoms with E-state index in [0.29, 0.717) is 23.6 Å². The predicted molar refractivity (Wildman–Crippen MR) is 103 cm³/mol. The van der Waals surface area contributed by atoms with Crippen LogP contribution in [0, 0.1) is 18.3 Å². The Morgan fingerprint density at radius 1 is 1.18 bits per heavy atom. The number of nitriles is 1. The zero-order chi connectivity index (χ0) is 20.5. The predicted octanol–water partition coefficient (Wildman–Crippen LogP) is 3.20. The molecule has 0 bridgehead atoms. The first-order valence-electron chi connectivity index (χ1n) is 8.83. The molecule has 0 aromatic heterocycles. The second-order valence-electron chi connectivity index (χ2n) is 5.93. The van der Waals surface area contributed by atoms with Crippen molar-refractivity contribution in [3.05, 3.63) is 53.6 Å². The number of hydrogen-bond acceptors (Lipinski definition) is 6. The van der Waals surface area contributed by atoms with Gasteiger partial charge in [0.25, 0.3) is 5.91 Å². The molecule has 2 aromatic carbocycles. The number of anilines is 1. The number of amides is 1. The van der Waals surface area contributed by atoms with Gasteiger partial charge in [-0.05, 0) is 49.7 Å². The van der Waals surface area contributed by atoms with Crippen LogP contribution in [-0.2, 0) is 9.53 Å². The van der Waals surface area contributed by atoms with Crippen molar-refractivity contribution in [2.24, 2.45) is 0 Å². The van der Waals surface area contributed by atoms with E-state index >= 15 is 0 Å². The lowest BCUT2D eigenvalue weighted by Crippen LogP contribution is -2.35. The van der Waals surface area contributed by atoms with Crippen LogP contribution in [-0.4, -0.2) is 36.7 Å². The Kier molecular flexibility index (Phi) is 7.40. The summed E-state index contributed by atoms with van der Waals surface area (Å²) in [6, 6.07) is 13.6. The molecule has 28 heavy (non-hydrogen) atoms. The summed E-state index contributed by atoms with van der Waals surface area (Å²) in [7, 11) is 0. The van der Waals surface area contributed by atoms with Gasteiger partial charge in [0.05, 0.1) is 19.1 Å². The number of para-hydroxylation sites is 1. The molecule has 1 N–H and O–H groups in total. The Morgan fingerprint density at radius 3 is 2.54 bits per heavy atom. The van der Waals surface area contributed by atoms with E-state index in [1.165, 1.54) is 11.0 Å². The fraction of sp³-hybridized carbons (Fsp3) is 0.286. The molecule has 0 aliphatic rings. The standard InChI is InChI=1S/C21H22N2O5/c1-3-27-17-10-8-16(9-11-17)23(13-5-12-22)19(24)14-28-21(26)18-7-4-6-15(2)20(18)25/h4,6-11,25H,3,5,13-14H2,1-2H3. The second-order valence-corrected chi connectivity index (χ2v) is 5.93. The van der Waals surface area contributed by atoms with Crippen LogP contribution in [0.15, 0.2) is 42.5 Å². The number of aryl methyl sites for hydroxylation is 1. The summed E-state index contributed by atoms with van der Waals surface area (Å²) in [4.78, 5) is 26.2. The molecule has 2 rings (SSSR count). The molecule has 0 radical (unpaired) electrons. The Bertz CT molecular complexity index is 871. The lowest BCUT2D eigenvalue weighted by atomic mass is 10.1. The maximum absolute atomic E-state index is 12.6. The molecule has 0 fully saturated rings. The van der Waals surface area contributed by atoms with Crippen molar-refractivity contribution >= 4 is 17.6 Å². The van der Waals surface area contributed by atoms with Crippen molar-refractivity contribution < 1.29 is 24.2 Å². The zero-order valence-electron chi connectivity index (χ0n) is 15.8. The fourth-order valence-corrected chi connectivity index (χ4v) is 2.56. The number of esters is 1. The van der Waals surface area contributed by atoms with Gasteiger partial charge in [0.1, 0.15) is 17.1 Å². The van der Waals surface area contributed by atoms with Crippen LogP contribution in [0.3, 0.4) is 0 Å². The van der Waals surface area contributed by atoms with Gasteiger partial charge in [-0.15, -0.1) is 0 Å². The fourth-order valence-electron chi connectivity index (χ4n) is 2.56. The van der Waals surface area contributed by atoms with E-state index in [0.717, 1.165) is 0 Å². The number of phenols is 1. The first-order chi connectivity index (χ1) is 13.5. The monoisotopic (exact) mass is 382 g/mol. The molecule has 0 unspecified atom stereocenters. The topological polar surface area (TPSA) is 99.9 Å². The molecular weight excluding hydrogens is 360 g/mol. The molecule has 2 aromatic rings. The van der Waals surface area contributed by atoms with Crippen molar-refractivity contribution in [3.8, 4) is 17.6 Å². The molecule has 146 valence electrons. The summed E-state index contributed by atoms with van der Waals surface area (Å²) >= 11 is 0. The highest BCUT2D eigenvalue weighted by Crippen LogP contribution is 2.23. The van der Waals surface area contributed by atoms with Gasteiger partial charge in [0, 0.05) is 12.2 Å². The minimum Gasteiger partial charge on any atom is -0.507 e. The Labute approximate surface area is 163 Å². The average molecular weight is 382 g/mol. The summed E-state index contributed by atoms with van der Waals surface area (Å²) in [5, 5.41) is 18.8. The molecule has 0 heterocycles. The summed E-state index contributed by atoms with van der Waals surface area (Å²) in [5.74, 6) is -0.769. The van der Waals surface area contributed by atoms with Gasteiger partial charge < -0.3 is 19.5 Å². The molecule has 0 spiro atoms. The van der Waals surface area contributed by atoms with E-state index in [-0.39, 0.29) is 24.3 Å². The van der Waals surface area contributed by atoms with E-state index < -0.39 is 18.5 Å². The van der Waals surface area contributed by atoms with Gasteiger partial charge in [-0.1, -0.05) is 12.1 Å². The lowest BCUT2D eigenvalue weighted by Gasteiger charge is -2.22. The van der Waals surface area contributed by atoms with E-state index in [1.807, 2.05) is 13.0 Å². The van der Waals surface area contributed by atoms with Crippen LogP contribution in [0.2, 0.25) is 0 Å². The normalized spacial score (nSPS) is 10.0. The summed E-state index contributed by atoms with van der Waals surface area (Å²) in [6.45, 7) is 3.71. The number of carbonyl (C=O) groups excluding carboxylic acids is 2. The van der Waals surface area contributed by atoms with Crippen LogP contribution in [0.5, 0.6) is 11.5 Å². The maximum atomic E-state index is 12.6. The number of nitrogens with zero attached hydrogens (tertiary/aromatic N) is 2. The van der Waals surface area contributed by atoms with E-state index in [1.54, 1.807) is 43.3 Å². The quantitative estimate of drug-likeness (QED) is 0.704. The lowest BCUT2D eigenvalue weighted by molar-refractivity contribution is -0.121. The molecule has 7 heteroatoms. The number of hydrogen-bond donors (Lipinski definition) is 1. The molecule has 0 saturated carbocycles. The third-order valence-electron chi connectivity index (χ3n) is 3.99. The highest BCUT2D eigenvalue weighted by Gasteiger charge is 2.20. The van der Waals surface area contributed by atoms with E-state index in [4.69, 9.17) is 14.7 Å².